The molecule has 0 amide bonds. The van der Waals surface area contributed by atoms with E-state index in [9.17, 15) is 5.11 Å². The maximum absolute atomic E-state index is 10.3. The summed E-state index contributed by atoms with van der Waals surface area (Å²) in [7, 11) is 0. The number of hydrogen-bond donors (Lipinski definition) is 1. The van der Waals surface area contributed by atoms with Crippen molar-refractivity contribution in [1.82, 2.24) is 0 Å². The molecule has 0 saturated heterocycles. The molecule has 1 N–H and O–H groups in total. The van der Waals surface area contributed by atoms with Gasteiger partial charge in [-0.15, -0.1) is 0 Å². The van der Waals surface area contributed by atoms with Crippen LogP contribution < -0.4 is 0 Å². The van der Waals surface area contributed by atoms with E-state index in [0.717, 1.165) is 22.3 Å². The van der Waals surface area contributed by atoms with Crippen molar-refractivity contribution in [3.8, 4) is 28.0 Å². The largest absolute Gasteiger partial charge is 0.507 e. The van der Waals surface area contributed by atoms with Gasteiger partial charge in [0.1, 0.15) is 5.75 Å². The highest BCUT2D eigenvalue weighted by atomic mass is 35.5. The summed E-state index contributed by atoms with van der Waals surface area (Å²) >= 11 is 6.37. The lowest BCUT2D eigenvalue weighted by Gasteiger charge is -2.14. The topological polar surface area (TPSA) is 20.2 Å². The average molecular weight is 281 g/mol. The SMILES string of the molecule is Oc1ccc(Cl)c(-c2ccccc2)c1-c1ccccc1. The molecule has 3 aromatic rings. The Bertz CT molecular complexity index is 657. The number of phenolic OH excluding ortho intramolecular Hbond substituents is 1. The summed E-state index contributed by atoms with van der Waals surface area (Å²) in [5.41, 5.74) is 3.57. The molecule has 0 saturated carbocycles. The van der Waals surface area contributed by atoms with Gasteiger partial charge < -0.3 is 5.11 Å². The van der Waals surface area contributed by atoms with Crippen LogP contribution >= 0.6 is 11.6 Å². The van der Waals surface area contributed by atoms with Crippen LogP contribution in [-0.2, 0) is 0 Å². The number of phenols is 1. The van der Waals surface area contributed by atoms with Crippen LogP contribution in [0.5, 0.6) is 5.75 Å². The van der Waals surface area contributed by atoms with Gasteiger partial charge in [0.05, 0.1) is 0 Å². The first kappa shape index (κ1) is 12.8. The van der Waals surface area contributed by atoms with Gasteiger partial charge in [0.15, 0.2) is 0 Å². The van der Waals surface area contributed by atoms with Gasteiger partial charge in [0, 0.05) is 16.1 Å². The summed E-state index contributed by atoms with van der Waals surface area (Å²) in [6.45, 7) is 0. The molecule has 0 aliphatic carbocycles. The highest BCUT2D eigenvalue weighted by molar-refractivity contribution is 6.34. The lowest BCUT2D eigenvalue weighted by Crippen LogP contribution is -1.87. The Morgan fingerprint density at radius 1 is 0.600 bits per heavy atom. The lowest BCUT2D eigenvalue weighted by molar-refractivity contribution is 0.477. The van der Waals surface area contributed by atoms with Crippen molar-refractivity contribution < 1.29 is 5.11 Å². The van der Waals surface area contributed by atoms with Crippen molar-refractivity contribution in [3.05, 3.63) is 77.8 Å². The summed E-state index contributed by atoms with van der Waals surface area (Å²) in [5.74, 6) is 0.236. The summed E-state index contributed by atoms with van der Waals surface area (Å²) in [4.78, 5) is 0. The Balaban J connectivity index is 2.32. The monoisotopic (exact) mass is 280 g/mol. The summed E-state index contributed by atoms with van der Waals surface area (Å²) in [5, 5.41) is 10.9. The third-order valence-corrected chi connectivity index (χ3v) is 3.57. The van der Waals surface area contributed by atoms with E-state index >= 15 is 0 Å². The quantitative estimate of drug-likeness (QED) is 0.668. The van der Waals surface area contributed by atoms with E-state index in [1.54, 1.807) is 12.1 Å². The Kier molecular flexibility index (Phi) is 3.44. The molecule has 20 heavy (non-hydrogen) atoms. The summed E-state index contributed by atoms with van der Waals surface area (Å²) in [6.07, 6.45) is 0. The van der Waals surface area contributed by atoms with Gasteiger partial charge in [-0.25, -0.2) is 0 Å². The number of hydrogen-bond acceptors (Lipinski definition) is 1. The van der Waals surface area contributed by atoms with E-state index in [-0.39, 0.29) is 5.75 Å². The zero-order chi connectivity index (χ0) is 13.9. The second-order valence-corrected chi connectivity index (χ2v) is 4.96. The van der Waals surface area contributed by atoms with E-state index in [1.165, 1.54) is 0 Å². The van der Waals surface area contributed by atoms with Crippen molar-refractivity contribution in [3.63, 3.8) is 0 Å². The summed E-state index contributed by atoms with van der Waals surface area (Å²) in [6, 6.07) is 23.0. The minimum absolute atomic E-state index is 0.236. The van der Waals surface area contributed by atoms with Gasteiger partial charge in [-0.2, -0.15) is 0 Å². The Labute approximate surface area is 123 Å². The zero-order valence-corrected chi connectivity index (χ0v) is 11.5. The Morgan fingerprint density at radius 2 is 1.10 bits per heavy atom. The van der Waals surface area contributed by atoms with Gasteiger partial charge in [-0.05, 0) is 23.3 Å². The molecular weight excluding hydrogens is 268 g/mol. The van der Waals surface area contributed by atoms with Gasteiger partial charge in [0.25, 0.3) is 0 Å². The van der Waals surface area contributed by atoms with E-state index < -0.39 is 0 Å². The van der Waals surface area contributed by atoms with E-state index in [1.807, 2.05) is 60.7 Å². The third kappa shape index (κ3) is 2.28. The maximum Gasteiger partial charge on any atom is 0.124 e. The van der Waals surface area contributed by atoms with Crippen LogP contribution in [0, 0.1) is 0 Å². The van der Waals surface area contributed by atoms with Gasteiger partial charge in [-0.3, -0.25) is 0 Å². The second kappa shape index (κ2) is 5.40. The molecule has 0 radical (unpaired) electrons. The van der Waals surface area contributed by atoms with Crippen molar-refractivity contribution in [2.75, 3.05) is 0 Å². The van der Waals surface area contributed by atoms with Crippen LogP contribution in [-0.4, -0.2) is 5.11 Å². The minimum atomic E-state index is 0.236. The normalized spacial score (nSPS) is 10.4. The zero-order valence-electron chi connectivity index (χ0n) is 10.8. The predicted molar refractivity (Wildman–Crippen MR) is 84.0 cm³/mol. The molecule has 0 aliphatic rings. The number of aromatic hydroxyl groups is 1. The first-order valence-corrected chi connectivity index (χ1v) is 6.77. The van der Waals surface area contributed by atoms with E-state index in [0.29, 0.717) is 5.02 Å². The molecule has 98 valence electrons. The van der Waals surface area contributed by atoms with Crippen LogP contribution in [0.15, 0.2) is 72.8 Å². The first-order valence-electron chi connectivity index (χ1n) is 6.39. The first-order chi connectivity index (χ1) is 9.77. The maximum atomic E-state index is 10.3. The van der Waals surface area contributed by atoms with E-state index in [2.05, 4.69) is 0 Å². The fourth-order valence-corrected chi connectivity index (χ4v) is 2.62. The van der Waals surface area contributed by atoms with Gasteiger partial charge in [0.2, 0.25) is 0 Å². The van der Waals surface area contributed by atoms with Crippen LogP contribution in [0.1, 0.15) is 0 Å². The Morgan fingerprint density at radius 3 is 1.65 bits per heavy atom. The fourth-order valence-electron chi connectivity index (χ4n) is 2.35. The molecule has 0 atom stereocenters. The molecular formula is C18H13ClO. The summed E-state index contributed by atoms with van der Waals surface area (Å²) < 4.78 is 0. The second-order valence-electron chi connectivity index (χ2n) is 4.55. The number of rotatable bonds is 2. The van der Waals surface area contributed by atoms with Crippen LogP contribution in [0.2, 0.25) is 5.02 Å². The van der Waals surface area contributed by atoms with Crippen molar-refractivity contribution in [2.45, 2.75) is 0 Å². The predicted octanol–water partition coefficient (Wildman–Crippen LogP) is 5.38. The molecule has 0 aromatic heterocycles. The van der Waals surface area contributed by atoms with Crippen molar-refractivity contribution in [1.29, 1.82) is 0 Å². The molecule has 0 heterocycles. The number of benzene rings is 3. The molecule has 3 aromatic carbocycles. The average Bonchev–Trinajstić information content (AvgIpc) is 2.51. The smallest absolute Gasteiger partial charge is 0.124 e. The molecule has 0 bridgehead atoms. The molecule has 0 aliphatic heterocycles. The molecule has 1 nitrogen and oxygen atoms in total. The van der Waals surface area contributed by atoms with Crippen molar-refractivity contribution in [2.24, 2.45) is 0 Å². The van der Waals surface area contributed by atoms with Gasteiger partial charge in [-0.1, -0.05) is 72.3 Å². The molecule has 0 fully saturated rings. The minimum Gasteiger partial charge on any atom is -0.507 e. The highest BCUT2D eigenvalue weighted by Gasteiger charge is 2.15. The van der Waals surface area contributed by atoms with Crippen LogP contribution in [0.25, 0.3) is 22.3 Å². The van der Waals surface area contributed by atoms with E-state index in [4.69, 9.17) is 11.6 Å². The number of halogens is 1. The standard InChI is InChI=1S/C18H13ClO/c19-15-11-12-16(20)18(14-9-5-2-6-10-14)17(15)13-7-3-1-4-8-13/h1-12,20H. The molecule has 0 unspecified atom stereocenters. The molecule has 0 spiro atoms. The Hall–Kier alpha value is -2.25. The van der Waals surface area contributed by atoms with Crippen LogP contribution in [0.3, 0.4) is 0 Å². The van der Waals surface area contributed by atoms with Crippen molar-refractivity contribution >= 4 is 11.6 Å². The third-order valence-electron chi connectivity index (χ3n) is 3.26. The fraction of sp³-hybridized carbons (Fsp3) is 0. The molecule has 2 heteroatoms. The lowest BCUT2D eigenvalue weighted by atomic mass is 9.93. The van der Waals surface area contributed by atoms with Crippen LogP contribution in [0.4, 0.5) is 0 Å². The highest BCUT2D eigenvalue weighted by Crippen LogP contribution is 2.42. The van der Waals surface area contributed by atoms with Gasteiger partial charge >= 0.3 is 0 Å². The molecule has 3 rings (SSSR count).